The summed E-state index contributed by atoms with van der Waals surface area (Å²) < 4.78 is 0. The molecule has 0 aliphatic heterocycles. The van der Waals surface area contributed by atoms with Crippen LogP contribution < -0.4 is 5.32 Å². The maximum atomic E-state index is 11.2. The van der Waals surface area contributed by atoms with Gasteiger partial charge in [0.2, 0.25) is 0 Å². The Balaban J connectivity index is 1.87. The molecule has 21 heavy (non-hydrogen) atoms. The molecule has 1 atom stereocenters. The summed E-state index contributed by atoms with van der Waals surface area (Å²) in [5, 5.41) is 13.4. The molecule has 1 unspecified atom stereocenters. The molecule has 1 aliphatic carbocycles. The topological polar surface area (TPSA) is 75.1 Å². The van der Waals surface area contributed by atoms with Gasteiger partial charge >= 0.3 is 5.97 Å². The van der Waals surface area contributed by atoms with Gasteiger partial charge in [0, 0.05) is 6.54 Å². The third-order valence-corrected chi connectivity index (χ3v) is 5.04. The van der Waals surface area contributed by atoms with E-state index in [1.165, 1.54) is 24.1 Å². The minimum Gasteiger partial charge on any atom is -0.477 e. The zero-order valence-corrected chi connectivity index (χ0v) is 12.6. The van der Waals surface area contributed by atoms with E-state index >= 15 is 0 Å². The van der Waals surface area contributed by atoms with Gasteiger partial charge in [-0.2, -0.15) is 0 Å². The second-order valence-electron chi connectivity index (χ2n) is 5.30. The number of carboxylic acids is 1. The Bertz CT molecular complexity index is 708. The van der Waals surface area contributed by atoms with E-state index in [0.29, 0.717) is 10.8 Å². The van der Waals surface area contributed by atoms with E-state index in [-0.39, 0.29) is 0 Å². The highest BCUT2D eigenvalue weighted by molar-refractivity contribution is 7.20. The van der Waals surface area contributed by atoms with Crippen molar-refractivity contribution >= 4 is 33.3 Å². The summed E-state index contributed by atoms with van der Waals surface area (Å²) in [7, 11) is 0. The quantitative estimate of drug-likeness (QED) is 0.846. The largest absolute Gasteiger partial charge is 0.477 e. The number of rotatable bonds is 4. The van der Waals surface area contributed by atoms with Crippen LogP contribution in [-0.2, 0) is 0 Å². The van der Waals surface area contributed by atoms with E-state index in [2.05, 4.69) is 27.4 Å². The van der Waals surface area contributed by atoms with E-state index in [4.69, 9.17) is 0 Å². The van der Waals surface area contributed by atoms with Crippen molar-refractivity contribution in [2.24, 2.45) is 5.92 Å². The third kappa shape index (κ3) is 2.76. The summed E-state index contributed by atoms with van der Waals surface area (Å²) >= 11 is 1.21. The first-order chi connectivity index (χ1) is 10.2. The fraction of sp³-hybridized carbons (Fsp3) is 0.400. The monoisotopic (exact) mass is 303 g/mol. The number of nitrogens with one attached hydrogen (secondary N) is 1. The minimum atomic E-state index is -0.904. The first kappa shape index (κ1) is 14.0. The highest BCUT2D eigenvalue weighted by Crippen LogP contribution is 2.33. The number of allylic oxidation sites excluding steroid dienone is 2. The highest BCUT2D eigenvalue weighted by Gasteiger charge is 2.19. The Hall–Kier alpha value is -1.95. The Morgan fingerprint density at radius 2 is 2.33 bits per heavy atom. The molecule has 0 saturated carbocycles. The van der Waals surface area contributed by atoms with Gasteiger partial charge in [-0.05, 0) is 37.7 Å². The van der Waals surface area contributed by atoms with Crippen LogP contribution in [0.15, 0.2) is 18.5 Å². The summed E-state index contributed by atoms with van der Waals surface area (Å²) in [5.74, 6) is 0.451. The summed E-state index contributed by atoms with van der Waals surface area (Å²) in [5.41, 5.74) is 0.745. The molecule has 0 aromatic carbocycles. The molecule has 1 aliphatic rings. The predicted octanol–water partition coefficient (Wildman–Crippen LogP) is 3.47. The molecule has 0 saturated heterocycles. The van der Waals surface area contributed by atoms with Gasteiger partial charge in [-0.25, -0.2) is 14.8 Å². The smallest absolute Gasteiger partial charge is 0.346 e. The average Bonchev–Trinajstić information content (AvgIpc) is 2.84. The van der Waals surface area contributed by atoms with E-state index in [1.54, 1.807) is 0 Å². The van der Waals surface area contributed by atoms with Crippen molar-refractivity contribution in [2.75, 3.05) is 11.9 Å². The number of anilines is 1. The maximum Gasteiger partial charge on any atom is 0.346 e. The number of hydrogen-bond donors (Lipinski definition) is 2. The minimum absolute atomic E-state index is 0.342. The van der Waals surface area contributed by atoms with Crippen molar-refractivity contribution < 1.29 is 9.90 Å². The van der Waals surface area contributed by atoms with E-state index in [0.717, 1.165) is 41.0 Å². The first-order valence-corrected chi connectivity index (χ1v) is 7.84. The molecular formula is C15H17N3O2S. The molecular weight excluding hydrogens is 286 g/mol. The first-order valence-electron chi connectivity index (χ1n) is 7.03. The fourth-order valence-corrected chi connectivity index (χ4v) is 3.68. The Morgan fingerprint density at radius 1 is 1.48 bits per heavy atom. The molecule has 6 heteroatoms. The molecule has 3 rings (SSSR count). The molecule has 110 valence electrons. The zero-order chi connectivity index (χ0) is 14.8. The summed E-state index contributed by atoms with van der Waals surface area (Å²) in [6.45, 7) is 2.67. The van der Waals surface area contributed by atoms with Crippen molar-refractivity contribution in [3.8, 4) is 0 Å². The van der Waals surface area contributed by atoms with E-state index < -0.39 is 5.97 Å². The Morgan fingerprint density at radius 3 is 3.05 bits per heavy atom. The third-order valence-electron chi connectivity index (χ3n) is 3.86. The van der Waals surface area contributed by atoms with E-state index in [9.17, 15) is 9.90 Å². The average molecular weight is 303 g/mol. The molecule has 0 bridgehead atoms. The highest BCUT2D eigenvalue weighted by atomic mass is 32.1. The van der Waals surface area contributed by atoms with Gasteiger partial charge in [0.05, 0.1) is 5.39 Å². The van der Waals surface area contributed by atoms with Crippen LogP contribution in [0.4, 0.5) is 5.82 Å². The van der Waals surface area contributed by atoms with Crippen LogP contribution in [0.5, 0.6) is 0 Å². The van der Waals surface area contributed by atoms with Gasteiger partial charge in [-0.3, -0.25) is 0 Å². The molecule has 2 N–H and O–H groups in total. The van der Waals surface area contributed by atoms with Crippen molar-refractivity contribution in [1.82, 2.24) is 9.97 Å². The molecule has 0 fully saturated rings. The molecule has 0 amide bonds. The number of aromatic carboxylic acids is 1. The van der Waals surface area contributed by atoms with Gasteiger partial charge in [0.25, 0.3) is 0 Å². The Labute approximate surface area is 126 Å². The lowest BCUT2D eigenvalue weighted by Crippen LogP contribution is -2.16. The SMILES string of the molecule is Cc1c(C(=O)O)sc2ncnc(NCC3CC=CCC3)c12. The van der Waals surface area contributed by atoms with Crippen LogP contribution in [0.1, 0.15) is 34.5 Å². The van der Waals surface area contributed by atoms with Crippen LogP contribution in [-0.4, -0.2) is 27.6 Å². The number of fused-ring (bicyclic) bond motifs is 1. The van der Waals surface area contributed by atoms with Gasteiger partial charge in [0.1, 0.15) is 21.9 Å². The predicted molar refractivity (Wildman–Crippen MR) is 84.1 cm³/mol. The lowest BCUT2D eigenvalue weighted by molar-refractivity contribution is 0.0701. The van der Waals surface area contributed by atoms with Gasteiger partial charge in [-0.1, -0.05) is 12.2 Å². The number of aromatic nitrogens is 2. The van der Waals surface area contributed by atoms with Crippen LogP contribution in [0.2, 0.25) is 0 Å². The van der Waals surface area contributed by atoms with Crippen LogP contribution in [0.3, 0.4) is 0 Å². The summed E-state index contributed by atoms with van der Waals surface area (Å²) in [6.07, 6.45) is 9.34. The van der Waals surface area contributed by atoms with Gasteiger partial charge in [0.15, 0.2) is 0 Å². The van der Waals surface area contributed by atoms with Crippen LogP contribution >= 0.6 is 11.3 Å². The lowest BCUT2D eigenvalue weighted by atomic mass is 9.94. The molecule has 0 radical (unpaired) electrons. The van der Waals surface area contributed by atoms with Crippen molar-refractivity contribution in [3.63, 3.8) is 0 Å². The summed E-state index contributed by atoms with van der Waals surface area (Å²) in [6, 6.07) is 0. The second-order valence-corrected chi connectivity index (χ2v) is 6.29. The maximum absolute atomic E-state index is 11.2. The molecule has 2 heterocycles. The number of carboxylic acid groups (broad SMARTS) is 1. The summed E-state index contributed by atoms with van der Waals surface area (Å²) in [4.78, 5) is 20.8. The van der Waals surface area contributed by atoms with Gasteiger partial charge in [-0.15, -0.1) is 11.3 Å². The normalized spacial score (nSPS) is 18.0. The number of aryl methyl sites for hydroxylation is 1. The molecule has 5 nitrogen and oxygen atoms in total. The van der Waals surface area contributed by atoms with Crippen molar-refractivity contribution in [1.29, 1.82) is 0 Å². The second kappa shape index (κ2) is 5.81. The number of thiophene rings is 1. The standard InChI is InChI=1S/C15H17N3O2S/c1-9-11-13(16-7-10-5-3-2-4-6-10)17-8-18-14(11)21-12(9)15(19)20/h2-3,8,10H,4-7H2,1H3,(H,19,20)(H,16,17,18). The van der Waals surface area contributed by atoms with Gasteiger partial charge < -0.3 is 10.4 Å². The lowest BCUT2D eigenvalue weighted by Gasteiger charge is -2.18. The number of hydrogen-bond acceptors (Lipinski definition) is 5. The zero-order valence-electron chi connectivity index (χ0n) is 11.8. The van der Waals surface area contributed by atoms with Crippen LogP contribution in [0, 0.1) is 12.8 Å². The van der Waals surface area contributed by atoms with Crippen LogP contribution in [0.25, 0.3) is 10.2 Å². The fourth-order valence-electron chi connectivity index (χ4n) is 2.69. The number of carbonyl (C=O) groups is 1. The van der Waals surface area contributed by atoms with Crippen molar-refractivity contribution in [2.45, 2.75) is 26.2 Å². The van der Waals surface area contributed by atoms with E-state index in [1.807, 2.05) is 6.92 Å². The Kier molecular flexibility index (Phi) is 3.88. The molecule has 2 aromatic rings. The van der Waals surface area contributed by atoms with Crippen molar-refractivity contribution in [3.05, 3.63) is 28.9 Å². The number of nitrogens with zero attached hydrogens (tertiary/aromatic N) is 2. The molecule has 0 spiro atoms. The molecule has 2 aromatic heterocycles.